The molecule has 0 amide bonds. The van der Waals surface area contributed by atoms with Gasteiger partial charge in [-0.25, -0.2) is 9.55 Å². The number of H-pyrrole nitrogens is 1. The van der Waals surface area contributed by atoms with Gasteiger partial charge in [0.25, 0.3) is 5.56 Å². The van der Waals surface area contributed by atoms with Crippen molar-refractivity contribution in [2.45, 2.75) is 12.3 Å². The summed E-state index contributed by atoms with van der Waals surface area (Å²) in [6, 6.07) is 0. The van der Waals surface area contributed by atoms with Gasteiger partial charge in [0.15, 0.2) is 11.2 Å². The summed E-state index contributed by atoms with van der Waals surface area (Å²) in [7, 11) is -2.75. The Balaban J connectivity index is 1.86. The minimum absolute atomic E-state index is 0.0419. The van der Waals surface area contributed by atoms with Crippen LogP contribution in [0.5, 0.6) is 0 Å². The molecule has 132 valence electrons. The van der Waals surface area contributed by atoms with Crippen LogP contribution in [0.4, 0.5) is 5.95 Å². The fourth-order valence-electron chi connectivity index (χ4n) is 2.58. The van der Waals surface area contributed by atoms with Crippen molar-refractivity contribution in [3.8, 4) is 0 Å². The van der Waals surface area contributed by atoms with Crippen LogP contribution in [-0.2, 0) is 13.8 Å². The van der Waals surface area contributed by atoms with E-state index in [0.717, 1.165) is 0 Å². The van der Waals surface area contributed by atoms with E-state index in [9.17, 15) is 9.36 Å². The quantitative estimate of drug-likeness (QED) is 0.478. The highest BCUT2D eigenvalue weighted by atomic mass is 31.2. The summed E-state index contributed by atoms with van der Waals surface area (Å²) in [6.45, 7) is 0.624. The van der Waals surface area contributed by atoms with Crippen molar-refractivity contribution in [3.63, 3.8) is 0 Å². The van der Waals surface area contributed by atoms with Crippen molar-refractivity contribution in [1.82, 2.24) is 24.4 Å². The summed E-state index contributed by atoms with van der Waals surface area (Å²) < 4.78 is 22.7. The molecule has 1 aliphatic rings. The minimum Gasteiger partial charge on any atom is -0.369 e. The number of fused-ring (bicyclic) bond motifs is 1. The van der Waals surface area contributed by atoms with Crippen LogP contribution >= 0.6 is 7.82 Å². The SMILES string of the molecule is CN1CC(n2cnc3c(=O)[nH]c(N)nc32)O[C@H](COP(=O)(O)O)C1. The molecule has 3 rings (SSSR count). The Morgan fingerprint density at radius 3 is 3.00 bits per heavy atom. The van der Waals surface area contributed by atoms with Gasteiger partial charge in [0, 0.05) is 13.1 Å². The highest BCUT2D eigenvalue weighted by Crippen LogP contribution is 2.36. The molecule has 1 aliphatic heterocycles. The summed E-state index contributed by atoms with van der Waals surface area (Å²) in [5, 5.41) is 0. The number of phosphoric ester groups is 1. The maximum Gasteiger partial charge on any atom is 0.469 e. The average molecular weight is 360 g/mol. The molecule has 1 unspecified atom stereocenters. The normalized spacial score (nSPS) is 23.0. The zero-order chi connectivity index (χ0) is 17.5. The summed E-state index contributed by atoms with van der Waals surface area (Å²) in [6.07, 6.45) is 0.280. The molecular weight excluding hydrogens is 343 g/mol. The first-order valence-corrected chi connectivity index (χ1v) is 8.52. The molecule has 0 bridgehead atoms. The highest BCUT2D eigenvalue weighted by molar-refractivity contribution is 7.46. The van der Waals surface area contributed by atoms with Gasteiger partial charge < -0.3 is 20.3 Å². The Hall–Kier alpha value is -1.82. The molecule has 0 spiro atoms. The molecular formula is C11H17N6O6P. The maximum atomic E-state index is 11.8. The number of imidazole rings is 1. The van der Waals surface area contributed by atoms with Crippen LogP contribution < -0.4 is 11.3 Å². The number of hydrogen-bond acceptors (Lipinski definition) is 8. The van der Waals surface area contributed by atoms with Gasteiger partial charge in [-0.2, -0.15) is 4.98 Å². The van der Waals surface area contributed by atoms with E-state index in [1.807, 2.05) is 11.9 Å². The molecule has 5 N–H and O–H groups in total. The maximum absolute atomic E-state index is 11.8. The molecule has 24 heavy (non-hydrogen) atoms. The van der Waals surface area contributed by atoms with Gasteiger partial charge in [-0.1, -0.05) is 0 Å². The lowest BCUT2D eigenvalue weighted by Gasteiger charge is -2.36. The molecule has 1 saturated heterocycles. The van der Waals surface area contributed by atoms with E-state index < -0.39 is 25.7 Å². The van der Waals surface area contributed by atoms with Crippen LogP contribution in [-0.4, -0.2) is 67.1 Å². The monoisotopic (exact) mass is 360 g/mol. The molecule has 0 saturated carbocycles. The first-order chi connectivity index (χ1) is 11.2. The molecule has 1 fully saturated rings. The summed E-state index contributed by atoms with van der Waals surface area (Å²) in [4.78, 5) is 41.8. The molecule has 0 aromatic carbocycles. The standard InChI is InChI=1S/C11H17N6O6P/c1-16-2-6(4-22-24(19,20)21)23-7(3-16)17-5-13-8-9(17)14-11(12)15-10(8)18/h5-7H,2-4H2,1H3,(H2,19,20,21)(H3,12,14,15,18)/t6-,7?/m0/s1. The number of phosphoric acid groups is 1. The van der Waals surface area contributed by atoms with Crippen LogP contribution in [0.15, 0.2) is 11.1 Å². The van der Waals surface area contributed by atoms with Crippen molar-refractivity contribution >= 4 is 24.9 Å². The third-order valence-corrected chi connectivity index (χ3v) is 4.01. The van der Waals surface area contributed by atoms with E-state index in [1.54, 1.807) is 4.57 Å². The van der Waals surface area contributed by atoms with Gasteiger partial charge in [0.1, 0.15) is 6.23 Å². The van der Waals surface area contributed by atoms with Gasteiger partial charge >= 0.3 is 7.82 Å². The van der Waals surface area contributed by atoms with Crippen LogP contribution in [0.1, 0.15) is 6.23 Å². The van der Waals surface area contributed by atoms with Gasteiger partial charge in [-0.15, -0.1) is 0 Å². The average Bonchev–Trinajstić information content (AvgIpc) is 2.88. The summed E-state index contributed by atoms with van der Waals surface area (Å²) in [5.41, 5.74) is 5.51. The van der Waals surface area contributed by atoms with Gasteiger partial charge in [-0.05, 0) is 7.05 Å². The predicted octanol–water partition coefficient (Wildman–Crippen LogP) is -1.36. The minimum atomic E-state index is -4.58. The largest absolute Gasteiger partial charge is 0.469 e. The van der Waals surface area contributed by atoms with Crippen molar-refractivity contribution in [2.24, 2.45) is 0 Å². The van der Waals surface area contributed by atoms with Crippen LogP contribution in [0.25, 0.3) is 11.2 Å². The number of nitrogens with one attached hydrogen (secondary N) is 1. The first-order valence-electron chi connectivity index (χ1n) is 6.99. The van der Waals surface area contributed by atoms with Crippen molar-refractivity contribution in [2.75, 3.05) is 32.5 Å². The Morgan fingerprint density at radius 1 is 1.54 bits per heavy atom. The Labute approximate surface area is 135 Å². The lowest BCUT2D eigenvalue weighted by Crippen LogP contribution is -2.45. The third-order valence-electron chi connectivity index (χ3n) is 3.52. The van der Waals surface area contributed by atoms with Crippen LogP contribution in [0.3, 0.4) is 0 Å². The van der Waals surface area contributed by atoms with Crippen LogP contribution in [0.2, 0.25) is 0 Å². The molecule has 13 heteroatoms. The molecule has 2 aromatic rings. The number of morpholine rings is 1. The molecule has 0 radical (unpaired) electrons. The second-order valence-corrected chi connectivity index (χ2v) is 6.73. The number of hydrogen-bond donors (Lipinski definition) is 4. The number of nitrogen functional groups attached to an aromatic ring is 1. The Morgan fingerprint density at radius 2 is 2.29 bits per heavy atom. The van der Waals surface area contributed by atoms with Crippen molar-refractivity contribution < 1.29 is 23.6 Å². The summed E-state index contributed by atoms with van der Waals surface area (Å²) in [5.74, 6) is -0.0419. The topological polar surface area (TPSA) is 169 Å². The Kier molecular flexibility index (Phi) is 4.42. The number of ether oxygens (including phenoxy) is 1. The zero-order valence-electron chi connectivity index (χ0n) is 12.7. The number of aromatic amines is 1. The number of likely N-dealkylation sites (N-methyl/N-ethyl adjacent to an activating group) is 1. The lowest BCUT2D eigenvalue weighted by molar-refractivity contribution is -0.126. The molecule has 2 atom stereocenters. The van der Waals surface area contributed by atoms with Crippen molar-refractivity contribution in [3.05, 3.63) is 16.7 Å². The first kappa shape index (κ1) is 17.0. The number of anilines is 1. The molecule has 0 aliphatic carbocycles. The lowest BCUT2D eigenvalue weighted by atomic mass is 10.3. The van der Waals surface area contributed by atoms with E-state index in [1.165, 1.54) is 6.33 Å². The molecule has 2 aromatic heterocycles. The number of nitrogens with zero attached hydrogens (tertiary/aromatic N) is 4. The third kappa shape index (κ3) is 3.64. The van der Waals surface area contributed by atoms with E-state index in [0.29, 0.717) is 13.1 Å². The number of rotatable bonds is 4. The fourth-order valence-corrected chi connectivity index (χ4v) is 2.94. The fraction of sp³-hybridized carbons (Fsp3) is 0.545. The summed E-state index contributed by atoms with van der Waals surface area (Å²) >= 11 is 0. The zero-order valence-corrected chi connectivity index (χ0v) is 13.6. The second-order valence-electron chi connectivity index (χ2n) is 5.50. The Bertz CT molecular complexity index is 845. The highest BCUT2D eigenvalue weighted by Gasteiger charge is 2.30. The number of nitrogens with two attached hydrogens (primary N) is 1. The van der Waals surface area contributed by atoms with Crippen LogP contribution in [0, 0.1) is 0 Å². The van der Waals surface area contributed by atoms with Gasteiger partial charge in [-0.3, -0.25) is 23.8 Å². The van der Waals surface area contributed by atoms with Gasteiger partial charge in [0.2, 0.25) is 5.95 Å². The molecule has 12 nitrogen and oxygen atoms in total. The van der Waals surface area contributed by atoms with Gasteiger partial charge in [0.05, 0.1) is 19.0 Å². The molecule has 3 heterocycles. The number of aromatic nitrogens is 4. The van der Waals surface area contributed by atoms with Crippen molar-refractivity contribution in [1.29, 1.82) is 0 Å². The van der Waals surface area contributed by atoms with E-state index >= 15 is 0 Å². The predicted molar refractivity (Wildman–Crippen MR) is 82.0 cm³/mol. The van der Waals surface area contributed by atoms with E-state index in [2.05, 4.69) is 19.5 Å². The van der Waals surface area contributed by atoms with E-state index in [4.69, 9.17) is 20.3 Å². The second kappa shape index (κ2) is 6.24. The van der Waals surface area contributed by atoms with E-state index in [-0.39, 0.29) is 23.7 Å². The smallest absolute Gasteiger partial charge is 0.369 e.